The van der Waals surface area contributed by atoms with Gasteiger partial charge in [-0.05, 0) is 49.4 Å². The molecule has 2 heterocycles. The molecule has 0 bridgehead atoms. The highest BCUT2D eigenvalue weighted by Crippen LogP contribution is 2.25. The zero-order valence-electron chi connectivity index (χ0n) is 14.2. The van der Waals surface area contributed by atoms with Crippen molar-refractivity contribution in [2.75, 3.05) is 6.61 Å². The van der Waals surface area contributed by atoms with Gasteiger partial charge in [-0.15, -0.1) is 16.4 Å². The number of aliphatic hydroxyl groups is 1. The SMILES string of the molecule is C[C@H](CCCO)NC(=O)c1nc(-c2cccs2)n(-c2cccc(F)c2)n1. The van der Waals surface area contributed by atoms with Crippen LogP contribution in [0.25, 0.3) is 16.4 Å². The number of carbonyl (C=O) groups is 1. The van der Waals surface area contributed by atoms with Gasteiger partial charge in [0, 0.05) is 12.6 Å². The van der Waals surface area contributed by atoms with Gasteiger partial charge < -0.3 is 10.4 Å². The van der Waals surface area contributed by atoms with Gasteiger partial charge in [0.05, 0.1) is 10.6 Å². The van der Waals surface area contributed by atoms with Crippen molar-refractivity contribution in [3.05, 3.63) is 53.4 Å². The van der Waals surface area contributed by atoms with E-state index >= 15 is 0 Å². The van der Waals surface area contributed by atoms with Gasteiger partial charge in [-0.25, -0.2) is 14.1 Å². The maximum atomic E-state index is 13.6. The molecule has 3 aromatic rings. The van der Waals surface area contributed by atoms with E-state index in [0.29, 0.717) is 24.4 Å². The summed E-state index contributed by atoms with van der Waals surface area (Å²) in [5.74, 6) is -0.283. The highest BCUT2D eigenvalue weighted by atomic mass is 32.1. The van der Waals surface area contributed by atoms with Gasteiger partial charge in [0.15, 0.2) is 5.82 Å². The summed E-state index contributed by atoms with van der Waals surface area (Å²) in [7, 11) is 0. The molecule has 2 aromatic heterocycles. The third kappa shape index (κ3) is 4.14. The third-order valence-electron chi connectivity index (χ3n) is 3.78. The van der Waals surface area contributed by atoms with Crippen LogP contribution in [0.1, 0.15) is 30.4 Å². The monoisotopic (exact) mass is 374 g/mol. The second-order valence-electron chi connectivity index (χ2n) is 5.87. The fourth-order valence-corrected chi connectivity index (χ4v) is 3.22. The lowest BCUT2D eigenvalue weighted by Crippen LogP contribution is -2.33. The average Bonchev–Trinajstić information content (AvgIpc) is 3.29. The number of amides is 1. The number of nitrogens with one attached hydrogen (secondary N) is 1. The second-order valence-corrected chi connectivity index (χ2v) is 6.82. The highest BCUT2D eigenvalue weighted by Gasteiger charge is 2.20. The van der Waals surface area contributed by atoms with Crippen LogP contribution in [0.15, 0.2) is 41.8 Å². The molecule has 136 valence electrons. The number of aromatic nitrogens is 3. The Bertz CT molecular complexity index is 879. The second kappa shape index (κ2) is 8.20. The predicted octanol–water partition coefficient (Wildman–Crippen LogP) is 3.03. The topological polar surface area (TPSA) is 80.0 Å². The fourth-order valence-electron chi connectivity index (χ4n) is 2.52. The molecule has 0 radical (unpaired) electrons. The Morgan fingerprint density at radius 2 is 2.23 bits per heavy atom. The summed E-state index contributed by atoms with van der Waals surface area (Å²) in [4.78, 5) is 17.7. The van der Waals surface area contributed by atoms with E-state index in [9.17, 15) is 9.18 Å². The van der Waals surface area contributed by atoms with Crippen LogP contribution in [-0.2, 0) is 0 Å². The standard InChI is InChI=1S/C18H19FN4O2S/c1-12(5-3-9-24)20-18(25)16-21-17(15-8-4-10-26-15)23(22-16)14-7-2-6-13(19)11-14/h2,4,6-8,10-12,24H,3,5,9H2,1H3,(H,20,25)/t12-/m1/s1. The van der Waals surface area contributed by atoms with Crippen LogP contribution in [0.2, 0.25) is 0 Å². The maximum Gasteiger partial charge on any atom is 0.291 e. The normalized spacial score (nSPS) is 12.1. The summed E-state index contributed by atoms with van der Waals surface area (Å²) in [5, 5.41) is 17.9. The minimum atomic E-state index is -0.400. The summed E-state index contributed by atoms with van der Waals surface area (Å²) >= 11 is 1.46. The molecule has 2 N–H and O–H groups in total. The first-order chi connectivity index (χ1) is 12.6. The molecule has 0 spiro atoms. The number of hydrogen-bond acceptors (Lipinski definition) is 5. The number of nitrogens with zero attached hydrogens (tertiary/aromatic N) is 3. The molecular weight excluding hydrogens is 355 g/mol. The number of aliphatic hydroxyl groups excluding tert-OH is 1. The van der Waals surface area contributed by atoms with Gasteiger partial charge in [0.2, 0.25) is 5.82 Å². The van der Waals surface area contributed by atoms with Crippen LogP contribution < -0.4 is 5.32 Å². The smallest absolute Gasteiger partial charge is 0.291 e. The molecule has 0 saturated heterocycles. The Kier molecular flexibility index (Phi) is 5.75. The van der Waals surface area contributed by atoms with Gasteiger partial charge in [-0.2, -0.15) is 0 Å². The van der Waals surface area contributed by atoms with Crippen molar-refractivity contribution in [3.8, 4) is 16.4 Å². The van der Waals surface area contributed by atoms with Gasteiger partial charge >= 0.3 is 0 Å². The molecule has 26 heavy (non-hydrogen) atoms. The largest absolute Gasteiger partial charge is 0.396 e. The fraction of sp³-hybridized carbons (Fsp3) is 0.278. The van der Waals surface area contributed by atoms with Crippen LogP contribution in [0, 0.1) is 5.82 Å². The Labute approximate surface area is 154 Å². The summed E-state index contributed by atoms with van der Waals surface area (Å²) in [5.41, 5.74) is 0.494. The van der Waals surface area contributed by atoms with Gasteiger partial charge in [0.25, 0.3) is 5.91 Å². The first-order valence-electron chi connectivity index (χ1n) is 8.27. The minimum Gasteiger partial charge on any atom is -0.396 e. The van der Waals surface area contributed by atoms with E-state index in [1.165, 1.54) is 28.2 Å². The summed E-state index contributed by atoms with van der Waals surface area (Å²) in [6.07, 6.45) is 1.26. The van der Waals surface area contributed by atoms with Crippen molar-refractivity contribution in [2.24, 2.45) is 0 Å². The third-order valence-corrected chi connectivity index (χ3v) is 4.64. The number of halogens is 1. The number of benzene rings is 1. The van der Waals surface area contributed by atoms with Crippen LogP contribution in [0.3, 0.4) is 0 Å². The van der Waals surface area contributed by atoms with E-state index < -0.39 is 11.7 Å². The Morgan fingerprint density at radius 1 is 1.38 bits per heavy atom. The van der Waals surface area contributed by atoms with E-state index in [1.807, 2.05) is 24.4 Å². The number of carbonyl (C=O) groups excluding carboxylic acids is 1. The Morgan fingerprint density at radius 3 is 2.92 bits per heavy atom. The van der Waals surface area contributed by atoms with Crippen molar-refractivity contribution in [1.82, 2.24) is 20.1 Å². The summed E-state index contributed by atoms with van der Waals surface area (Å²) in [6, 6.07) is 9.62. The van der Waals surface area contributed by atoms with E-state index in [1.54, 1.807) is 12.1 Å². The minimum absolute atomic E-state index is 0.0218. The lowest BCUT2D eigenvalue weighted by atomic mass is 10.2. The lowest BCUT2D eigenvalue weighted by molar-refractivity contribution is 0.0926. The molecule has 1 amide bonds. The van der Waals surface area contributed by atoms with Crippen molar-refractivity contribution in [2.45, 2.75) is 25.8 Å². The van der Waals surface area contributed by atoms with Crippen LogP contribution in [0.4, 0.5) is 4.39 Å². The molecule has 0 aliphatic rings. The number of hydrogen-bond donors (Lipinski definition) is 2. The van der Waals surface area contributed by atoms with Gasteiger partial charge in [0.1, 0.15) is 5.82 Å². The Hall–Kier alpha value is -2.58. The van der Waals surface area contributed by atoms with Crippen LogP contribution >= 0.6 is 11.3 Å². The van der Waals surface area contributed by atoms with E-state index in [0.717, 1.165) is 4.88 Å². The molecule has 1 atom stereocenters. The van der Waals surface area contributed by atoms with Gasteiger partial charge in [-0.1, -0.05) is 12.1 Å². The predicted molar refractivity (Wildman–Crippen MR) is 97.9 cm³/mol. The first-order valence-corrected chi connectivity index (χ1v) is 9.15. The van der Waals surface area contributed by atoms with Crippen molar-refractivity contribution >= 4 is 17.2 Å². The molecule has 0 fully saturated rings. The molecule has 0 aliphatic carbocycles. The number of thiophene rings is 1. The molecule has 8 heteroatoms. The molecule has 0 saturated carbocycles. The van der Waals surface area contributed by atoms with E-state index in [-0.39, 0.29) is 18.5 Å². The van der Waals surface area contributed by atoms with Gasteiger partial charge in [-0.3, -0.25) is 4.79 Å². The average molecular weight is 374 g/mol. The zero-order valence-corrected chi connectivity index (χ0v) is 15.0. The van der Waals surface area contributed by atoms with E-state index in [2.05, 4.69) is 15.4 Å². The van der Waals surface area contributed by atoms with Crippen LogP contribution in [-0.4, -0.2) is 38.4 Å². The lowest BCUT2D eigenvalue weighted by Gasteiger charge is -2.11. The molecule has 1 aromatic carbocycles. The molecule has 0 aliphatic heterocycles. The van der Waals surface area contributed by atoms with Crippen LogP contribution in [0.5, 0.6) is 0 Å². The molecular formula is C18H19FN4O2S. The summed E-state index contributed by atoms with van der Waals surface area (Å²) in [6.45, 7) is 1.94. The molecule has 3 rings (SSSR count). The van der Waals surface area contributed by atoms with Crippen molar-refractivity contribution in [3.63, 3.8) is 0 Å². The van der Waals surface area contributed by atoms with E-state index in [4.69, 9.17) is 5.11 Å². The van der Waals surface area contributed by atoms with Crippen molar-refractivity contribution < 1.29 is 14.3 Å². The molecule has 0 unspecified atom stereocenters. The quantitative estimate of drug-likeness (QED) is 0.666. The summed E-state index contributed by atoms with van der Waals surface area (Å²) < 4.78 is 15.1. The first kappa shape index (κ1) is 18.2. The Balaban J connectivity index is 1.93. The van der Waals surface area contributed by atoms with Crippen molar-refractivity contribution in [1.29, 1.82) is 0 Å². The zero-order chi connectivity index (χ0) is 18.5. The maximum absolute atomic E-state index is 13.6. The molecule has 6 nitrogen and oxygen atoms in total. The highest BCUT2D eigenvalue weighted by molar-refractivity contribution is 7.13. The number of rotatable bonds is 7.